The summed E-state index contributed by atoms with van der Waals surface area (Å²) in [6.45, 7) is 3.60. The number of rotatable bonds is 6. The van der Waals surface area contributed by atoms with Crippen LogP contribution in [0.1, 0.15) is 13.8 Å². The van der Waals surface area contributed by atoms with Crippen molar-refractivity contribution in [3.63, 3.8) is 0 Å². The molecule has 2 heterocycles. The summed E-state index contributed by atoms with van der Waals surface area (Å²) in [6.07, 6.45) is 8.30. The van der Waals surface area contributed by atoms with Gasteiger partial charge in [-0.15, -0.1) is 16.6 Å². The average Bonchev–Trinajstić information content (AvgIpc) is 3.59. The first kappa shape index (κ1) is 32.0. The molecule has 0 aliphatic rings. The number of fused-ring (bicyclic) bond motifs is 1. The van der Waals surface area contributed by atoms with Crippen LogP contribution in [-0.4, -0.2) is 38.2 Å². The molecule has 0 saturated heterocycles. The minimum absolute atomic E-state index is 0.207. The molecule has 0 fully saturated rings. The van der Waals surface area contributed by atoms with Gasteiger partial charge in [-0.2, -0.15) is 0 Å². The second-order valence-electron chi connectivity index (χ2n) is 8.07. The van der Waals surface area contributed by atoms with Crippen LogP contribution in [0, 0.1) is 113 Å². The van der Waals surface area contributed by atoms with E-state index in [-0.39, 0.29) is 5.92 Å². The second kappa shape index (κ2) is 17.3. The number of nitrogens with one attached hydrogen (secondary N) is 1. The zero-order valence-electron chi connectivity index (χ0n) is 22.9. The monoisotopic (exact) mass is 611 g/mol. The molecule has 0 aliphatic carbocycles. The van der Waals surface area contributed by atoms with Crippen molar-refractivity contribution in [1.29, 1.82) is 0 Å². The molecule has 8 nitrogen and oxygen atoms in total. The Bertz CT molecular complexity index is 2180. The molecule has 0 saturated carbocycles. The highest BCUT2D eigenvalue weighted by atomic mass is 35.5. The number of benzene rings is 1. The van der Waals surface area contributed by atoms with Gasteiger partial charge in [0.2, 0.25) is 5.88 Å². The number of halogens is 2. The van der Waals surface area contributed by atoms with Gasteiger partial charge in [-0.25, -0.2) is 14.3 Å². The molecule has 1 atom stereocenters. The maximum absolute atomic E-state index is 12.5. The van der Waals surface area contributed by atoms with E-state index in [1.807, 2.05) is 0 Å². The van der Waals surface area contributed by atoms with Crippen molar-refractivity contribution in [2.45, 2.75) is 19.9 Å². The highest BCUT2D eigenvalue weighted by Crippen LogP contribution is 2.28. The molecule has 208 valence electrons. The molecule has 0 spiro atoms. The third-order valence-corrected chi connectivity index (χ3v) is 5.51. The molecule has 0 aliphatic heterocycles. The normalized spacial score (nSPS) is 9.36. The molecule has 10 heteroatoms. The predicted octanol–water partition coefficient (Wildman–Crippen LogP) is 3.62. The summed E-state index contributed by atoms with van der Waals surface area (Å²) in [7, 11) is 0. The Morgan fingerprint density at radius 2 is 1.48 bits per heavy atom. The number of aromatic nitrogens is 4. The number of esters is 1. The Morgan fingerprint density at radius 3 is 2.05 bits per heavy atom. The summed E-state index contributed by atoms with van der Waals surface area (Å²) >= 11 is 12.1. The number of ether oxygens (including phenoxy) is 2. The second-order valence-corrected chi connectivity index (χ2v) is 8.88. The van der Waals surface area contributed by atoms with E-state index in [4.69, 9.17) is 39.1 Å². The van der Waals surface area contributed by atoms with Crippen LogP contribution in [0.4, 0.5) is 0 Å². The number of carbonyl (C=O) groups excluding carboxylic acids is 1. The van der Waals surface area contributed by atoms with Gasteiger partial charge in [0.05, 0.1) is 10.0 Å². The fraction of sp³-hybridized carbons (Fsp3) is 0.118. The van der Waals surface area contributed by atoms with Gasteiger partial charge in [0.1, 0.15) is 6.11 Å². The quantitative estimate of drug-likeness (QED) is 0.199. The molecule has 44 heavy (non-hydrogen) atoms. The van der Waals surface area contributed by atoms with E-state index in [9.17, 15) is 4.79 Å². The van der Waals surface area contributed by atoms with E-state index in [0.29, 0.717) is 33.0 Å². The fourth-order valence-corrected chi connectivity index (χ4v) is 3.20. The molecule has 3 aromatic rings. The Hall–Kier alpha value is -6.54. The molecule has 0 radical (unpaired) electrons. The van der Waals surface area contributed by atoms with Gasteiger partial charge in [0.15, 0.2) is 23.9 Å². The zero-order chi connectivity index (χ0) is 31.6. The first-order valence-corrected chi connectivity index (χ1v) is 12.9. The van der Waals surface area contributed by atoms with Crippen molar-refractivity contribution < 1.29 is 14.3 Å². The Kier molecular flexibility index (Phi) is 12.6. The van der Waals surface area contributed by atoms with Crippen molar-refractivity contribution in [1.82, 2.24) is 19.8 Å². The summed E-state index contributed by atoms with van der Waals surface area (Å²) in [5.74, 6) is 38.7. The van der Waals surface area contributed by atoms with Gasteiger partial charge in [-0.1, -0.05) is 37.0 Å². The number of aliphatic imine (C=N–C) groups is 1. The molecular formula is C34H15Cl2N5O3. The molecule has 2 aromatic heterocycles. The SMILES string of the molecule is C#CC#CC#CC#CC#CC#CC#CC#CC#COC(=O)C(N=COc1cc2nnc(-c3ccc(Cl)c(Cl)c3)n2[nH]1)C(C)C. The van der Waals surface area contributed by atoms with E-state index in [2.05, 4.69) is 121 Å². The number of carbonyl (C=O) groups is 1. The topological polar surface area (TPSA) is 93.9 Å². The van der Waals surface area contributed by atoms with E-state index in [1.54, 1.807) is 42.6 Å². The molecule has 1 aromatic carbocycles. The van der Waals surface area contributed by atoms with Gasteiger partial charge >= 0.3 is 5.97 Å². The lowest BCUT2D eigenvalue weighted by atomic mass is 10.1. The fourth-order valence-electron chi connectivity index (χ4n) is 2.90. The smallest absolute Gasteiger partial charge is 0.345 e. The number of aromatic amines is 1. The summed E-state index contributed by atoms with van der Waals surface area (Å²) in [4.78, 5) is 16.6. The van der Waals surface area contributed by atoms with Gasteiger partial charge in [-0.3, -0.25) is 5.10 Å². The summed E-state index contributed by atoms with van der Waals surface area (Å²) in [6, 6.07) is 5.84. The number of hydrogen-bond donors (Lipinski definition) is 1. The maximum atomic E-state index is 12.5. The van der Waals surface area contributed by atoms with E-state index in [1.165, 1.54) is 0 Å². The molecule has 1 unspecified atom stereocenters. The lowest BCUT2D eigenvalue weighted by Crippen LogP contribution is -2.26. The van der Waals surface area contributed by atoms with Gasteiger partial charge in [-0.05, 0) is 71.5 Å². The number of nitrogens with zero attached hydrogens (tertiary/aromatic N) is 4. The van der Waals surface area contributed by atoms with Crippen molar-refractivity contribution in [2.24, 2.45) is 10.9 Å². The molecule has 0 bridgehead atoms. The van der Waals surface area contributed by atoms with Crippen molar-refractivity contribution >= 4 is 41.2 Å². The van der Waals surface area contributed by atoms with Crippen molar-refractivity contribution in [2.75, 3.05) is 0 Å². The van der Waals surface area contributed by atoms with Crippen LogP contribution in [0.5, 0.6) is 5.88 Å². The lowest BCUT2D eigenvalue weighted by molar-refractivity contribution is -0.139. The minimum Gasteiger partial charge on any atom is -0.428 e. The Labute approximate surface area is 264 Å². The molecule has 0 amide bonds. The number of hydrogen-bond acceptors (Lipinski definition) is 6. The van der Waals surface area contributed by atoms with E-state index < -0.39 is 12.0 Å². The highest BCUT2D eigenvalue weighted by molar-refractivity contribution is 6.42. The van der Waals surface area contributed by atoms with Gasteiger partial charge in [0.25, 0.3) is 0 Å². The van der Waals surface area contributed by atoms with Crippen LogP contribution < -0.4 is 4.74 Å². The van der Waals surface area contributed by atoms with E-state index in [0.717, 1.165) is 6.40 Å². The average molecular weight is 612 g/mol. The lowest BCUT2D eigenvalue weighted by Gasteiger charge is -2.11. The van der Waals surface area contributed by atoms with Crippen LogP contribution in [-0.2, 0) is 9.53 Å². The maximum Gasteiger partial charge on any atom is 0.345 e. The summed E-state index contributed by atoms with van der Waals surface area (Å²) in [5.41, 5.74) is 1.19. The minimum atomic E-state index is -0.875. The molecule has 1 N–H and O–H groups in total. The third kappa shape index (κ3) is 10.1. The Balaban J connectivity index is 1.52. The summed E-state index contributed by atoms with van der Waals surface area (Å²) < 4.78 is 12.1. The standard InChI is InChI=1S/C34H15Cl2N5O3/c1-4-5-6-7-8-9-10-11-12-13-14-15-16-17-18-19-22-43-34(42)32(26(2)3)37-25-44-31-24-30-38-39-33(41(30)40-31)27-20-21-28(35)29(36)23-27/h1,20-21,23-26,32,40H,2-3H3. The van der Waals surface area contributed by atoms with Crippen LogP contribution in [0.25, 0.3) is 17.0 Å². The van der Waals surface area contributed by atoms with Gasteiger partial charge < -0.3 is 9.47 Å². The third-order valence-electron chi connectivity index (χ3n) is 4.77. The van der Waals surface area contributed by atoms with Crippen molar-refractivity contribution in [3.05, 3.63) is 34.3 Å². The van der Waals surface area contributed by atoms with Crippen LogP contribution in [0.15, 0.2) is 29.3 Å². The largest absolute Gasteiger partial charge is 0.428 e. The van der Waals surface area contributed by atoms with Crippen LogP contribution in [0.3, 0.4) is 0 Å². The summed E-state index contributed by atoms with van der Waals surface area (Å²) in [5, 5.41) is 12.1. The van der Waals surface area contributed by atoms with E-state index >= 15 is 0 Å². The Morgan fingerprint density at radius 1 is 0.886 bits per heavy atom. The zero-order valence-corrected chi connectivity index (χ0v) is 24.4. The molecule has 3 rings (SSSR count). The van der Waals surface area contributed by atoms with Crippen LogP contribution >= 0.6 is 23.2 Å². The number of terminal acetylenes is 1. The molecular weight excluding hydrogens is 597 g/mol. The predicted molar refractivity (Wildman–Crippen MR) is 168 cm³/mol. The first-order chi connectivity index (χ1) is 21.4. The van der Waals surface area contributed by atoms with Crippen molar-refractivity contribution in [3.8, 4) is 125 Å². The van der Waals surface area contributed by atoms with Gasteiger partial charge in [0, 0.05) is 59.0 Å². The first-order valence-electron chi connectivity index (χ1n) is 12.1. The highest BCUT2D eigenvalue weighted by Gasteiger charge is 2.22. The van der Waals surface area contributed by atoms with Crippen LogP contribution in [0.2, 0.25) is 10.0 Å². The number of H-pyrrole nitrogens is 1.